The van der Waals surface area contributed by atoms with Crippen molar-refractivity contribution in [2.45, 2.75) is 32.5 Å². The van der Waals surface area contributed by atoms with Gasteiger partial charge in [-0.05, 0) is 20.9 Å². The number of likely N-dealkylation sites (N-methyl/N-ethyl adjacent to an activating group) is 1. The van der Waals surface area contributed by atoms with Crippen LogP contribution in [0.25, 0.3) is 0 Å². The Labute approximate surface area is 102 Å². The zero-order valence-electron chi connectivity index (χ0n) is 10.7. The monoisotopic (exact) mass is 236 g/mol. The smallest absolute Gasteiger partial charge is 0.147 e. The molecule has 2 heterocycles. The fraction of sp³-hybridized carbons (Fsp3) is 0.667. The van der Waals surface area contributed by atoms with E-state index in [2.05, 4.69) is 40.7 Å². The van der Waals surface area contributed by atoms with E-state index in [0.717, 1.165) is 18.9 Å². The molecule has 1 aromatic heterocycles. The number of rotatable bonds is 2. The van der Waals surface area contributed by atoms with Crippen molar-refractivity contribution in [3.05, 3.63) is 18.1 Å². The lowest BCUT2D eigenvalue weighted by Gasteiger charge is -2.42. The van der Waals surface area contributed by atoms with Crippen LogP contribution in [-0.4, -0.2) is 52.2 Å². The van der Waals surface area contributed by atoms with Crippen LogP contribution in [0.5, 0.6) is 0 Å². The zero-order valence-corrected chi connectivity index (χ0v) is 10.7. The topological polar surface area (TPSA) is 52.5 Å². The van der Waals surface area contributed by atoms with Gasteiger partial charge in [0.05, 0.1) is 24.7 Å². The molecule has 5 nitrogen and oxygen atoms in total. The number of nitrogens with zero attached hydrogens (tertiary/aromatic N) is 4. The van der Waals surface area contributed by atoms with Crippen molar-refractivity contribution in [2.75, 3.05) is 25.0 Å². The van der Waals surface area contributed by atoms with Crippen molar-refractivity contribution < 1.29 is 5.11 Å². The Morgan fingerprint density at radius 1 is 1.29 bits per heavy atom. The highest BCUT2D eigenvalue weighted by molar-refractivity contribution is 5.37. The third kappa shape index (κ3) is 2.56. The molecule has 1 aromatic rings. The van der Waals surface area contributed by atoms with E-state index in [4.69, 9.17) is 5.11 Å². The van der Waals surface area contributed by atoms with Gasteiger partial charge >= 0.3 is 0 Å². The molecule has 17 heavy (non-hydrogen) atoms. The molecule has 2 unspecified atom stereocenters. The summed E-state index contributed by atoms with van der Waals surface area (Å²) in [5.41, 5.74) is 0.627. The molecule has 2 atom stereocenters. The first-order valence-electron chi connectivity index (χ1n) is 6.00. The number of hydrogen-bond donors (Lipinski definition) is 1. The van der Waals surface area contributed by atoms with Crippen molar-refractivity contribution in [2.24, 2.45) is 0 Å². The molecule has 2 rings (SSSR count). The minimum atomic E-state index is -0.0559. The van der Waals surface area contributed by atoms with Gasteiger partial charge in [0.15, 0.2) is 0 Å². The fourth-order valence-corrected chi connectivity index (χ4v) is 2.21. The third-order valence-corrected chi connectivity index (χ3v) is 3.52. The van der Waals surface area contributed by atoms with Gasteiger partial charge in [0, 0.05) is 25.2 Å². The van der Waals surface area contributed by atoms with Gasteiger partial charge in [-0.2, -0.15) is 0 Å². The lowest BCUT2D eigenvalue weighted by molar-refractivity contribution is 0.169. The maximum atomic E-state index is 9.08. The molecule has 1 aliphatic heterocycles. The SMILES string of the molecule is CC1CN(c2cncc(CO)n2)CC(C)N1C. The van der Waals surface area contributed by atoms with Gasteiger partial charge < -0.3 is 10.0 Å². The van der Waals surface area contributed by atoms with E-state index in [1.165, 1.54) is 0 Å². The summed E-state index contributed by atoms with van der Waals surface area (Å²) >= 11 is 0. The number of aliphatic hydroxyl groups excluding tert-OH is 1. The first kappa shape index (κ1) is 12.3. The highest BCUT2D eigenvalue weighted by Crippen LogP contribution is 2.19. The summed E-state index contributed by atoms with van der Waals surface area (Å²) < 4.78 is 0. The Balaban J connectivity index is 2.16. The molecule has 1 saturated heterocycles. The van der Waals surface area contributed by atoms with Crippen LogP contribution in [-0.2, 0) is 6.61 Å². The van der Waals surface area contributed by atoms with E-state index in [0.29, 0.717) is 17.8 Å². The number of anilines is 1. The molecule has 0 saturated carbocycles. The first-order chi connectivity index (χ1) is 8.11. The van der Waals surface area contributed by atoms with Gasteiger partial charge in [-0.15, -0.1) is 0 Å². The van der Waals surface area contributed by atoms with Crippen LogP contribution in [0.3, 0.4) is 0 Å². The Morgan fingerprint density at radius 3 is 2.53 bits per heavy atom. The predicted octanol–water partition coefficient (Wildman–Crippen LogP) is 0.498. The van der Waals surface area contributed by atoms with Crippen molar-refractivity contribution in [3.63, 3.8) is 0 Å². The maximum Gasteiger partial charge on any atom is 0.147 e. The fourth-order valence-electron chi connectivity index (χ4n) is 2.21. The Morgan fingerprint density at radius 2 is 1.94 bits per heavy atom. The summed E-state index contributed by atoms with van der Waals surface area (Å²) in [6.07, 6.45) is 3.37. The molecule has 5 heteroatoms. The average Bonchev–Trinajstić information content (AvgIpc) is 2.35. The van der Waals surface area contributed by atoms with E-state index >= 15 is 0 Å². The molecule has 0 aliphatic carbocycles. The Hall–Kier alpha value is -1.20. The molecular weight excluding hydrogens is 216 g/mol. The predicted molar refractivity (Wildman–Crippen MR) is 66.9 cm³/mol. The summed E-state index contributed by atoms with van der Waals surface area (Å²) in [5, 5.41) is 9.08. The van der Waals surface area contributed by atoms with Crippen LogP contribution in [0.4, 0.5) is 5.82 Å². The summed E-state index contributed by atoms with van der Waals surface area (Å²) in [7, 11) is 2.16. The van der Waals surface area contributed by atoms with Gasteiger partial charge in [-0.1, -0.05) is 0 Å². The third-order valence-electron chi connectivity index (χ3n) is 3.52. The second-order valence-corrected chi connectivity index (χ2v) is 4.80. The largest absolute Gasteiger partial charge is 0.390 e. The van der Waals surface area contributed by atoms with Crippen molar-refractivity contribution in [1.29, 1.82) is 0 Å². The molecule has 1 aliphatic rings. The normalized spacial score (nSPS) is 26.2. The molecule has 0 spiro atoms. The van der Waals surface area contributed by atoms with E-state index in [9.17, 15) is 0 Å². The van der Waals surface area contributed by atoms with E-state index in [1.54, 1.807) is 12.4 Å². The average molecular weight is 236 g/mol. The van der Waals surface area contributed by atoms with E-state index in [-0.39, 0.29) is 6.61 Å². The lowest BCUT2D eigenvalue weighted by Crippen LogP contribution is -2.55. The molecular formula is C12H20N4O. The molecule has 1 fully saturated rings. The quantitative estimate of drug-likeness (QED) is 0.810. The molecule has 0 amide bonds. The molecule has 0 aromatic carbocycles. The second kappa shape index (κ2) is 4.98. The summed E-state index contributed by atoms with van der Waals surface area (Å²) in [4.78, 5) is 13.1. The molecule has 1 N–H and O–H groups in total. The second-order valence-electron chi connectivity index (χ2n) is 4.80. The van der Waals surface area contributed by atoms with Gasteiger partial charge in [-0.3, -0.25) is 9.88 Å². The zero-order chi connectivity index (χ0) is 12.4. The Bertz CT molecular complexity index is 373. The van der Waals surface area contributed by atoms with Gasteiger partial charge in [0.1, 0.15) is 5.82 Å². The summed E-state index contributed by atoms with van der Waals surface area (Å²) in [6, 6.07) is 0.997. The van der Waals surface area contributed by atoms with Gasteiger partial charge in [0.25, 0.3) is 0 Å². The highest BCUT2D eigenvalue weighted by atomic mass is 16.3. The molecule has 94 valence electrons. The highest BCUT2D eigenvalue weighted by Gasteiger charge is 2.27. The van der Waals surface area contributed by atoms with Crippen LogP contribution in [0.2, 0.25) is 0 Å². The first-order valence-corrected chi connectivity index (χ1v) is 6.00. The van der Waals surface area contributed by atoms with Crippen molar-refractivity contribution in [3.8, 4) is 0 Å². The number of aliphatic hydroxyl groups is 1. The maximum absolute atomic E-state index is 9.08. The van der Waals surface area contributed by atoms with Crippen molar-refractivity contribution in [1.82, 2.24) is 14.9 Å². The van der Waals surface area contributed by atoms with E-state index < -0.39 is 0 Å². The van der Waals surface area contributed by atoms with E-state index in [1.807, 2.05) is 0 Å². The summed E-state index contributed by atoms with van der Waals surface area (Å²) in [5.74, 6) is 0.864. The van der Waals surface area contributed by atoms with Crippen LogP contribution >= 0.6 is 0 Å². The van der Waals surface area contributed by atoms with Crippen LogP contribution < -0.4 is 4.90 Å². The minimum absolute atomic E-state index is 0.0559. The summed E-state index contributed by atoms with van der Waals surface area (Å²) in [6.45, 7) is 6.27. The number of aromatic nitrogens is 2. The number of hydrogen-bond acceptors (Lipinski definition) is 5. The minimum Gasteiger partial charge on any atom is -0.390 e. The lowest BCUT2D eigenvalue weighted by atomic mass is 10.1. The Kier molecular flexibility index (Phi) is 3.59. The van der Waals surface area contributed by atoms with Crippen LogP contribution in [0.1, 0.15) is 19.5 Å². The van der Waals surface area contributed by atoms with Crippen molar-refractivity contribution >= 4 is 5.82 Å². The molecule has 0 radical (unpaired) electrons. The van der Waals surface area contributed by atoms with Crippen LogP contribution in [0, 0.1) is 0 Å². The number of piperazine rings is 1. The van der Waals surface area contributed by atoms with Gasteiger partial charge in [-0.25, -0.2) is 4.98 Å². The standard InChI is InChI=1S/C12H20N4O/c1-9-6-16(7-10(2)15(9)3)12-5-13-4-11(8-17)14-12/h4-5,9-10,17H,6-8H2,1-3H3. The molecule has 0 bridgehead atoms. The van der Waals surface area contributed by atoms with Crippen LogP contribution in [0.15, 0.2) is 12.4 Å². The van der Waals surface area contributed by atoms with Gasteiger partial charge in [0.2, 0.25) is 0 Å².